The van der Waals surface area contributed by atoms with E-state index in [4.69, 9.17) is 9.47 Å². The molecule has 0 saturated carbocycles. The molecule has 1 heterocycles. The number of carbonyl (C=O) groups is 2. The van der Waals surface area contributed by atoms with Gasteiger partial charge in [0.2, 0.25) is 0 Å². The highest BCUT2D eigenvalue weighted by Gasteiger charge is 2.28. The van der Waals surface area contributed by atoms with Crippen LogP contribution in [0.4, 0.5) is 0 Å². The van der Waals surface area contributed by atoms with Gasteiger partial charge in [-0.2, -0.15) is 0 Å². The van der Waals surface area contributed by atoms with E-state index in [1.54, 1.807) is 42.4 Å². The normalized spacial score (nSPS) is 19.6. The third-order valence-corrected chi connectivity index (χ3v) is 4.65. The van der Waals surface area contributed by atoms with Crippen molar-refractivity contribution in [2.45, 2.75) is 26.1 Å². The molecule has 2 aromatic carbocycles. The molecule has 1 aliphatic rings. The number of amides is 2. The van der Waals surface area contributed by atoms with Gasteiger partial charge in [0.15, 0.2) is 0 Å². The number of hydrogen-bond donors (Lipinski definition) is 1. The van der Waals surface area contributed by atoms with E-state index < -0.39 is 0 Å². The van der Waals surface area contributed by atoms with Gasteiger partial charge in [0.1, 0.15) is 11.4 Å². The number of morpholine rings is 1. The molecule has 2 aromatic rings. The lowest BCUT2D eigenvalue weighted by Gasteiger charge is -2.35. The molecule has 29 heavy (non-hydrogen) atoms. The maximum atomic E-state index is 13.2. The van der Waals surface area contributed by atoms with Gasteiger partial charge in [-0.1, -0.05) is 30.3 Å². The average Bonchev–Trinajstić information content (AvgIpc) is 2.73. The largest absolute Gasteiger partial charge is 0.497 e. The standard InChI is InChI=1S/C23H26N2O4/c1-16-14-25(15-17(2)29-16)23(27)21(13-18-9-11-20(28-3)12-10-18)24-22(26)19-7-5-4-6-8-19/h4-13,16-17H,14-15H2,1-3H3,(H,24,26)/t16-,17-/m1/s1. The number of hydrogen-bond acceptors (Lipinski definition) is 4. The Kier molecular flexibility index (Phi) is 6.67. The van der Waals surface area contributed by atoms with Crippen LogP contribution in [0.25, 0.3) is 6.08 Å². The molecule has 0 unspecified atom stereocenters. The summed E-state index contributed by atoms with van der Waals surface area (Å²) in [5.74, 6) is 0.166. The van der Waals surface area contributed by atoms with Crippen LogP contribution >= 0.6 is 0 Å². The van der Waals surface area contributed by atoms with Crippen LogP contribution in [0.5, 0.6) is 5.75 Å². The molecular formula is C23H26N2O4. The molecule has 3 rings (SSSR count). The van der Waals surface area contributed by atoms with Crippen LogP contribution in [-0.2, 0) is 9.53 Å². The van der Waals surface area contributed by atoms with Gasteiger partial charge in [-0.05, 0) is 49.8 Å². The van der Waals surface area contributed by atoms with Crippen LogP contribution in [-0.4, -0.2) is 49.1 Å². The zero-order valence-corrected chi connectivity index (χ0v) is 16.9. The van der Waals surface area contributed by atoms with Gasteiger partial charge in [-0.15, -0.1) is 0 Å². The Labute approximate surface area is 171 Å². The van der Waals surface area contributed by atoms with Crippen molar-refractivity contribution in [3.63, 3.8) is 0 Å². The van der Waals surface area contributed by atoms with Crippen molar-refractivity contribution in [1.82, 2.24) is 10.2 Å². The highest BCUT2D eigenvalue weighted by atomic mass is 16.5. The lowest BCUT2D eigenvalue weighted by Crippen LogP contribution is -2.50. The Morgan fingerprint density at radius 3 is 2.24 bits per heavy atom. The Hall–Kier alpha value is -3.12. The summed E-state index contributed by atoms with van der Waals surface area (Å²) < 4.78 is 10.9. The summed E-state index contributed by atoms with van der Waals surface area (Å²) >= 11 is 0. The van der Waals surface area contributed by atoms with Crippen molar-refractivity contribution in [2.24, 2.45) is 0 Å². The fraction of sp³-hybridized carbons (Fsp3) is 0.304. The molecule has 2 atom stereocenters. The van der Waals surface area contributed by atoms with E-state index in [1.807, 2.05) is 44.2 Å². The third kappa shape index (κ3) is 5.45. The molecule has 0 aromatic heterocycles. The van der Waals surface area contributed by atoms with Crippen LogP contribution in [0.15, 0.2) is 60.3 Å². The van der Waals surface area contributed by atoms with E-state index in [1.165, 1.54) is 0 Å². The van der Waals surface area contributed by atoms with Crippen molar-refractivity contribution in [3.8, 4) is 5.75 Å². The van der Waals surface area contributed by atoms with Crippen molar-refractivity contribution in [2.75, 3.05) is 20.2 Å². The Morgan fingerprint density at radius 1 is 1.03 bits per heavy atom. The first-order valence-electron chi connectivity index (χ1n) is 9.63. The van der Waals surface area contributed by atoms with Gasteiger partial charge < -0.3 is 19.7 Å². The molecule has 0 radical (unpaired) electrons. The summed E-state index contributed by atoms with van der Waals surface area (Å²) in [6, 6.07) is 16.1. The molecule has 6 heteroatoms. The van der Waals surface area contributed by atoms with Gasteiger partial charge >= 0.3 is 0 Å². The van der Waals surface area contributed by atoms with Gasteiger partial charge in [-0.3, -0.25) is 9.59 Å². The van der Waals surface area contributed by atoms with E-state index in [-0.39, 0.29) is 29.7 Å². The van der Waals surface area contributed by atoms with Crippen molar-refractivity contribution in [1.29, 1.82) is 0 Å². The summed E-state index contributed by atoms with van der Waals surface area (Å²) in [5.41, 5.74) is 1.51. The molecule has 1 fully saturated rings. The number of methoxy groups -OCH3 is 1. The summed E-state index contributed by atoms with van der Waals surface area (Å²) in [5, 5.41) is 2.80. The zero-order valence-electron chi connectivity index (χ0n) is 16.9. The summed E-state index contributed by atoms with van der Waals surface area (Å²) in [6.45, 7) is 4.82. The molecule has 152 valence electrons. The monoisotopic (exact) mass is 394 g/mol. The average molecular weight is 394 g/mol. The fourth-order valence-corrected chi connectivity index (χ4v) is 3.32. The Bertz CT molecular complexity index is 868. The lowest BCUT2D eigenvalue weighted by molar-refractivity contribution is -0.139. The first-order chi connectivity index (χ1) is 14.0. The Balaban J connectivity index is 1.88. The second-order valence-electron chi connectivity index (χ2n) is 7.12. The summed E-state index contributed by atoms with van der Waals surface area (Å²) in [6.07, 6.45) is 1.57. The molecule has 0 aliphatic carbocycles. The van der Waals surface area contributed by atoms with Crippen LogP contribution in [0.1, 0.15) is 29.8 Å². The smallest absolute Gasteiger partial charge is 0.270 e. The van der Waals surface area contributed by atoms with Crippen LogP contribution in [0.3, 0.4) is 0 Å². The maximum absolute atomic E-state index is 13.2. The van der Waals surface area contributed by atoms with Crippen molar-refractivity contribution in [3.05, 3.63) is 71.4 Å². The van der Waals surface area contributed by atoms with Crippen molar-refractivity contribution < 1.29 is 19.1 Å². The zero-order chi connectivity index (χ0) is 20.8. The lowest BCUT2D eigenvalue weighted by atomic mass is 10.1. The van der Waals surface area contributed by atoms with Gasteiger partial charge in [0.25, 0.3) is 11.8 Å². The summed E-state index contributed by atoms with van der Waals surface area (Å²) in [7, 11) is 1.60. The number of benzene rings is 2. The minimum Gasteiger partial charge on any atom is -0.497 e. The molecule has 1 aliphatic heterocycles. The topological polar surface area (TPSA) is 67.9 Å². The molecule has 2 amide bonds. The molecule has 6 nitrogen and oxygen atoms in total. The predicted octanol–water partition coefficient (Wildman–Crippen LogP) is 3.10. The van der Waals surface area contributed by atoms with E-state index in [2.05, 4.69) is 5.32 Å². The van der Waals surface area contributed by atoms with E-state index in [0.29, 0.717) is 18.7 Å². The number of rotatable bonds is 5. The number of nitrogens with zero attached hydrogens (tertiary/aromatic N) is 1. The number of ether oxygens (including phenoxy) is 2. The molecule has 1 N–H and O–H groups in total. The van der Waals surface area contributed by atoms with Crippen LogP contribution < -0.4 is 10.1 Å². The van der Waals surface area contributed by atoms with Gasteiger partial charge in [-0.25, -0.2) is 0 Å². The maximum Gasteiger partial charge on any atom is 0.270 e. The van der Waals surface area contributed by atoms with Crippen LogP contribution in [0, 0.1) is 0 Å². The second kappa shape index (κ2) is 9.39. The quantitative estimate of drug-likeness (QED) is 0.792. The van der Waals surface area contributed by atoms with E-state index in [9.17, 15) is 9.59 Å². The second-order valence-corrected chi connectivity index (χ2v) is 7.12. The highest BCUT2D eigenvalue weighted by molar-refractivity contribution is 6.05. The minimum atomic E-state index is -0.326. The summed E-state index contributed by atoms with van der Waals surface area (Å²) in [4.78, 5) is 27.7. The number of nitrogens with one attached hydrogen (secondary N) is 1. The Morgan fingerprint density at radius 2 is 1.66 bits per heavy atom. The minimum absolute atomic E-state index is 0.0604. The van der Waals surface area contributed by atoms with Gasteiger partial charge in [0.05, 0.1) is 19.3 Å². The van der Waals surface area contributed by atoms with Gasteiger partial charge in [0, 0.05) is 18.7 Å². The molecular weight excluding hydrogens is 368 g/mol. The first-order valence-corrected chi connectivity index (χ1v) is 9.63. The van der Waals surface area contributed by atoms with Crippen LogP contribution in [0.2, 0.25) is 0 Å². The van der Waals surface area contributed by atoms with E-state index in [0.717, 1.165) is 11.3 Å². The number of carbonyl (C=O) groups excluding carboxylic acids is 2. The fourth-order valence-electron chi connectivity index (χ4n) is 3.32. The molecule has 1 saturated heterocycles. The molecule has 0 bridgehead atoms. The third-order valence-electron chi connectivity index (χ3n) is 4.65. The highest BCUT2D eigenvalue weighted by Crippen LogP contribution is 2.17. The predicted molar refractivity (Wildman–Crippen MR) is 111 cm³/mol. The first kappa shape index (κ1) is 20.6. The van der Waals surface area contributed by atoms with Crippen molar-refractivity contribution >= 4 is 17.9 Å². The molecule has 0 spiro atoms. The van der Waals surface area contributed by atoms with E-state index >= 15 is 0 Å². The SMILES string of the molecule is COc1ccc(C=C(NC(=O)c2ccccc2)C(=O)N2C[C@@H](C)O[C@H](C)C2)cc1.